The number of aromatic hydroxyl groups is 1. The van der Waals surface area contributed by atoms with E-state index in [1.165, 1.54) is 18.9 Å². The molecule has 5 rings (SSSR count). The lowest BCUT2D eigenvalue weighted by Crippen LogP contribution is -2.39. The van der Waals surface area contributed by atoms with E-state index in [0.29, 0.717) is 34.2 Å². The molecule has 2 unspecified atom stereocenters. The quantitative estimate of drug-likeness (QED) is 0.715. The molecule has 2 N–H and O–H groups in total. The molecule has 1 aromatic carbocycles. The smallest absolute Gasteiger partial charge is 0.158 e. The van der Waals surface area contributed by atoms with Crippen molar-refractivity contribution in [3.05, 3.63) is 41.7 Å². The number of halogens is 1. The molecule has 1 saturated heterocycles. The van der Waals surface area contributed by atoms with E-state index in [9.17, 15) is 5.11 Å². The summed E-state index contributed by atoms with van der Waals surface area (Å²) >= 11 is 5.96. The van der Waals surface area contributed by atoms with Crippen molar-refractivity contribution < 1.29 is 9.84 Å². The van der Waals surface area contributed by atoms with Gasteiger partial charge in [0.2, 0.25) is 0 Å². The highest BCUT2D eigenvalue weighted by molar-refractivity contribution is 6.30. The molecule has 138 valence electrons. The Morgan fingerprint density at radius 3 is 2.67 bits per heavy atom. The van der Waals surface area contributed by atoms with Crippen molar-refractivity contribution in [3.63, 3.8) is 0 Å². The Balaban J connectivity index is 1.58. The summed E-state index contributed by atoms with van der Waals surface area (Å²) in [7, 11) is 0. The third kappa shape index (κ3) is 2.89. The van der Waals surface area contributed by atoms with Gasteiger partial charge < -0.3 is 15.2 Å². The van der Waals surface area contributed by atoms with Crippen molar-refractivity contribution in [2.75, 3.05) is 18.5 Å². The number of nitrogens with one attached hydrogen (secondary N) is 1. The molecular formula is C20H19ClN4O2. The van der Waals surface area contributed by atoms with Crippen LogP contribution in [0.25, 0.3) is 22.0 Å². The number of benzene rings is 1. The average Bonchev–Trinajstić information content (AvgIpc) is 2.89. The maximum Gasteiger partial charge on any atom is 0.158 e. The van der Waals surface area contributed by atoms with Gasteiger partial charge in [0.05, 0.1) is 13.2 Å². The summed E-state index contributed by atoms with van der Waals surface area (Å²) in [4.78, 5) is 4.28. The first-order valence-corrected chi connectivity index (χ1v) is 9.52. The number of fused-ring (bicyclic) bond motifs is 3. The minimum absolute atomic E-state index is 0.0816. The maximum absolute atomic E-state index is 10.3. The number of nitrogens with zero attached hydrogens (tertiary/aromatic N) is 3. The van der Waals surface area contributed by atoms with Crippen molar-refractivity contribution in [2.24, 2.45) is 11.8 Å². The molecule has 1 aliphatic carbocycles. The topological polar surface area (TPSA) is 80.2 Å². The van der Waals surface area contributed by atoms with Gasteiger partial charge in [0, 0.05) is 51.6 Å². The first-order valence-electron chi connectivity index (χ1n) is 9.14. The van der Waals surface area contributed by atoms with Crippen LogP contribution >= 0.6 is 11.6 Å². The van der Waals surface area contributed by atoms with Crippen LogP contribution in [0.4, 0.5) is 5.82 Å². The van der Waals surface area contributed by atoms with Gasteiger partial charge >= 0.3 is 0 Å². The number of rotatable bonds is 3. The molecule has 6 nitrogen and oxygen atoms in total. The zero-order chi connectivity index (χ0) is 18.4. The summed E-state index contributed by atoms with van der Waals surface area (Å²) < 4.78 is 5.68. The molecule has 7 heteroatoms. The first-order chi connectivity index (χ1) is 13.2. The highest BCUT2D eigenvalue weighted by Gasteiger charge is 2.40. The summed E-state index contributed by atoms with van der Waals surface area (Å²) in [6.45, 7) is 1.60. The van der Waals surface area contributed by atoms with Gasteiger partial charge in [-0.1, -0.05) is 11.6 Å². The second kappa shape index (κ2) is 6.62. The predicted octanol–water partition coefficient (Wildman–Crippen LogP) is 3.89. The Morgan fingerprint density at radius 2 is 1.89 bits per heavy atom. The minimum atomic E-state index is 0.0816. The second-order valence-corrected chi connectivity index (χ2v) is 7.72. The predicted molar refractivity (Wildman–Crippen MR) is 104 cm³/mol. The van der Waals surface area contributed by atoms with Crippen LogP contribution in [0.5, 0.6) is 5.75 Å². The molecule has 3 atom stereocenters. The number of anilines is 1. The highest BCUT2D eigenvalue weighted by Crippen LogP contribution is 2.39. The first kappa shape index (κ1) is 16.7. The van der Waals surface area contributed by atoms with Gasteiger partial charge in [0.1, 0.15) is 11.4 Å². The zero-order valence-electron chi connectivity index (χ0n) is 14.6. The summed E-state index contributed by atoms with van der Waals surface area (Å²) in [5.74, 6) is 1.84. The van der Waals surface area contributed by atoms with Crippen LogP contribution < -0.4 is 5.32 Å². The third-order valence-electron chi connectivity index (χ3n) is 5.69. The number of phenols is 1. The van der Waals surface area contributed by atoms with Crippen LogP contribution in [-0.4, -0.2) is 39.5 Å². The maximum atomic E-state index is 10.3. The van der Waals surface area contributed by atoms with Gasteiger partial charge in [0.25, 0.3) is 0 Å². The van der Waals surface area contributed by atoms with E-state index in [1.54, 1.807) is 24.5 Å². The molecule has 27 heavy (non-hydrogen) atoms. The number of aromatic nitrogens is 3. The Morgan fingerprint density at radius 1 is 1.07 bits per heavy atom. The van der Waals surface area contributed by atoms with Gasteiger partial charge in [-0.25, -0.2) is 0 Å². The fraction of sp³-hybridized carbons (Fsp3) is 0.350. The standard InChI is InChI=1S/C20H19ClN4O2/c21-13-3-4-15(17(26)7-13)19-14-5-6-22-8-16(14)20(25-24-19)23-18-11-1-2-12(18)10-27-9-11/h3-8,11-12,18,26H,1-2,9-10H2,(H,23,25)/t11-,12?,18?/m1/s1. The van der Waals surface area contributed by atoms with Gasteiger partial charge in [-0.05, 0) is 37.1 Å². The summed E-state index contributed by atoms with van der Waals surface area (Å²) in [5.41, 5.74) is 1.21. The lowest BCUT2D eigenvalue weighted by atomic mass is 9.96. The lowest BCUT2D eigenvalue weighted by Gasteiger charge is -2.31. The lowest BCUT2D eigenvalue weighted by molar-refractivity contribution is 0.0392. The van der Waals surface area contributed by atoms with Crippen molar-refractivity contribution in [1.29, 1.82) is 0 Å². The monoisotopic (exact) mass is 382 g/mol. The van der Waals surface area contributed by atoms with Crippen molar-refractivity contribution >= 4 is 28.2 Å². The Labute approximate surface area is 161 Å². The van der Waals surface area contributed by atoms with E-state index in [1.807, 2.05) is 6.07 Å². The molecule has 0 amide bonds. The van der Waals surface area contributed by atoms with Crippen molar-refractivity contribution in [2.45, 2.75) is 18.9 Å². The van der Waals surface area contributed by atoms with E-state index in [2.05, 4.69) is 20.5 Å². The Bertz CT molecular complexity index is 996. The molecule has 0 spiro atoms. The fourth-order valence-electron chi connectivity index (χ4n) is 4.32. The van der Waals surface area contributed by atoms with Crippen LogP contribution in [0, 0.1) is 11.8 Å². The minimum Gasteiger partial charge on any atom is -0.507 e. The Kier molecular flexibility index (Phi) is 4.10. The van der Waals surface area contributed by atoms with E-state index < -0.39 is 0 Å². The molecular weight excluding hydrogens is 364 g/mol. The number of hydrogen-bond acceptors (Lipinski definition) is 6. The van der Waals surface area contributed by atoms with Crippen molar-refractivity contribution in [3.8, 4) is 17.0 Å². The molecule has 2 aromatic heterocycles. The van der Waals surface area contributed by atoms with Crippen LogP contribution in [0.15, 0.2) is 36.7 Å². The molecule has 3 heterocycles. The van der Waals surface area contributed by atoms with E-state index in [-0.39, 0.29) is 5.75 Å². The summed E-state index contributed by atoms with van der Waals surface area (Å²) in [6, 6.07) is 7.25. The van der Waals surface area contributed by atoms with E-state index >= 15 is 0 Å². The number of pyridine rings is 1. The second-order valence-electron chi connectivity index (χ2n) is 7.29. The SMILES string of the molecule is Oc1cc(Cl)ccc1-c1nnc(NC2C3CC[C@@H]2COC3)c2cnccc12. The summed E-state index contributed by atoms with van der Waals surface area (Å²) in [5, 5.41) is 25.1. The van der Waals surface area contributed by atoms with Crippen LogP contribution in [0.1, 0.15) is 12.8 Å². The number of hydrogen-bond donors (Lipinski definition) is 2. The van der Waals surface area contributed by atoms with Crippen LogP contribution in [0.2, 0.25) is 5.02 Å². The number of ether oxygens (including phenoxy) is 1. The van der Waals surface area contributed by atoms with Crippen molar-refractivity contribution in [1.82, 2.24) is 15.2 Å². The van der Waals surface area contributed by atoms with Gasteiger partial charge in [-0.3, -0.25) is 4.98 Å². The largest absolute Gasteiger partial charge is 0.507 e. The fourth-order valence-corrected chi connectivity index (χ4v) is 4.48. The zero-order valence-corrected chi connectivity index (χ0v) is 15.4. The molecule has 2 aliphatic rings. The average molecular weight is 383 g/mol. The third-order valence-corrected chi connectivity index (χ3v) is 5.92. The van der Waals surface area contributed by atoms with Gasteiger partial charge in [-0.2, -0.15) is 0 Å². The van der Waals surface area contributed by atoms with Crippen LogP contribution in [0.3, 0.4) is 0 Å². The van der Waals surface area contributed by atoms with Gasteiger partial charge in [-0.15, -0.1) is 10.2 Å². The molecule has 2 bridgehead atoms. The molecule has 1 aliphatic heterocycles. The summed E-state index contributed by atoms with van der Waals surface area (Å²) in [6.07, 6.45) is 5.89. The normalized spacial score (nSPS) is 24.3. The van der Waals surface area contributed by atoms with E-state index in [4.69, 9.17) is 16.3 Å². The van der Waals surface area contributed by atoms with Crippen LogP contribution in [-0.2, 0) is 4.74 Å². The molecule has 2 fully saturated rings. The molecule has 3 aromatic rings. The van der Waals surface area contributed by atoms with Gasteiger partial charge in [0.15, 0.2) is 5.82 Å². The van der Waals surface area contributed by atoms with E-state index in [0.717, 1.165) is 29.8 Å². The highest BCUT2D eigenvalue weighted by atomic mass is 35.5. The number of phenolic OH excluding ortho intramolecular Hbond substituents is 1. The molecule has 0 radical (unpaired) electrons. The molecule has 1 saturated carbocycles. The Hall–Kier alpha value is -2.44.